The highest BCUT2D eigenvalue weighted by Crippen LogP contribution is 2.31. The van der Waals surface area contributed by atoms with Crippen LogP contribution in [0.5, 0.6) is 0 Å². The van der Waals surface area contributed by atoms with Gasteiger partial charge in [-0.15, -0.1) is 11.3 Å². The van der Waals surface area contributed by atoms with Crippen molar-refractivity contribution in [3.8, 4) is 0 Å². The molecule has 1 unspecified atom stereocenters. The third-order valence-corrected chi connectivity index (χ3v) is 4.56. The molecule has 1 aliphatic rings. The van der Waals surface area contributed by atoms with Crippen LogP contribution in [0.2, 0.25) is 0 Å². The zero-order chi connectivity index (χ0) is 13.1. The summed E-state index contributed by atoms with van der Waals surface area (Å²) >= 11 is 1.70. The predicted octanol–water partition coefficient (Wildman–Crippen LogP) is 3.92. The molecule has 1 aliphatic heterocycles. The molecule has 0 aliphatic carbocycles. The molecular formula is C15H19N3S. The Kier molecular flexibility index (Phi) is 3.69. The minimum absolute atomic E-state index is 0.302. The SMILES string of the molecule is CC(Nc1ccccc1N1CCCC1)c1cncs1. The average Bonchev–Trinajstić information content (AvgIpc) is 3.13. The van der Waals surface area contributed by atoms with Crippen LogP contribution in [-0.2, 0) is 0 Å². The van der Waals surface area contributed by atoms with Gasteiger partial charge in [-0.25, -0.2) is 0 Å². The zero-order valence-electron chi connectivity index (χ0n) is 11.2. The lowest BCUT2D eigenvalue weighted by Gasteiger charge is -2.23. The van der Waals surface area contributed by atoms with E-state index in [1.807, 2.05) is 11.7 Å². The predicted molar refractivity (Wildman–Crippen MR) is 82.0 cm³/mol. The van der Waals surface area contributed by atoms with Crippen LogP contribution in [0, 0.1) is 0 Å². The van der Waals surface area contributed by atoms with Crippen LogP contribution >= 0.6 is 11.3 Å². The molecule has 1 aromatic heterocycles. The van der Waals surface area contributed by atoms with Gasteiger partial charge in [-0.2, -0.15) is 0 Å². The van der Waals surface area contributed by atoms with E-state index >= 15 is 0 Å². The van der Waals surface area contributed by atoms with E-state index in [2.05, 4.69) is 46.4 Å². The summed E-state index contributed by atoms with van der Waals surface area (Å²) in [7, 11) is 0. The fourth-order valence-electron chi connectivity index (χ4n) is 2.57. The van der Waals surface area contributed by atoms with Crippen molar-refractivity contribution in [1.29, 1.82) is 0 Å². The first kappa shape index (κ1) is 12.5. The van der Waals surface area contributed by atoms with Gasteiger partial charge in [0.1, 0.15) is 0 Å². The maximum Gasteiger partial charge on any atom is 0.0795 e. The first-order valence-electron chi connectivity index (χ1n) is 6.83. The quantitative estimate of drug-likeness (QED) is 0.915. The third kappa shape index (κ3) is 2.73. The van der Waals surface area contributed by atoms with Crippen LogP contribution in [-0.4, -0.2) is 18.1 Å². The molecule has 0 amide bonds. The maximum absolute atomic E-state index is 4.15. The standard InChI is InChI=1S/C15H19N3S/c1-12(15-10-16-11-19-15)17-13-6-2-3-7-14(13)18-8-4-5-9-18/h2-3,6-7,10-12,17H,4-5,8-9H2,1H3. The van der Waals surface area contributed by atoms with Crippen LogP contribution in [0.3, 0.4) is 0 Å². The van der Waals surface area contributed by atoms with Crippen molar-refractivity contribution in [2.24, 2.45) is 0 Å². The second kappa shape index (κ2) is 5.61. The number of nitrogens with zero attached hydrogens (tertiary/aromatic N) is 2. The molecule has 0 radical (unpaired) electrons. The van der Waals surface area contributed by atoms with E-state index in [0.29, 0.717) is 6.04 Å². The second-order valence-corrected chi connectivity index (χ2v) is 5.90. The van der Waals surface area contributed by atoms with Gasteiger partial charge < -0.3 is 10.2 Å². The number of anilines is 2. The lowest BCUT2D eigenvalue weighted by Crippen LogP contribution is -2.19. The van der Waals surface area contributed by atoms with Crippen LogP contribution in [0.25, 0.3) is 0 Å². The van der Waals surface area contributed by atoms with E-state index in [9.17, 15) is 0 Å². The van der Waals surface area contributed by atoms with E-state index in [1.54, 1.807) is 11.3 Å². The second-order valence-electron chi connectivity index (χ2n) is 4.98. The Labute approximate surface area is 118 Å². The van der Waals surface area contributed by atoms with Crippen molar-refractivity contribution in [2.75, 3.05) is 23.3 Å². The molecule has 1 N–H and O–H groups in total. The fraction of sp³-hybridized carbons (Fsp3) is 0.400. The molecule has 1 atom stereocenters. The summed E-state index contributed by atoms with van der Waals surface area (Å²) in [4.78, 5) is 7.90. The maximum atomic E-state index is 4.15. The van der Waals surface area contributed by atoms with E-state index in [-0.39, 0.29) is 0 Å². The molecule has 1 aromatic carbocycles. The summed E-state index contributed by atoms with van der Waals surface area (Å²) in [5.41, 5.74) is 4.45. The van der Waals surface area contributed by atoms with Gasteiger partial charge in [0.25, 0.3) is 0 Å². The number of para-hydroxylation sites is 2. The van der Waals surface area contributed by atoms with E-state index < -0.39 is 0 Å². The Hall–Kier alpha value is -1.55. The van der Waals surface area contributed by atoms with Gasteiger partial charge in [-0.1, -0.05) is 12.1 Å². The van der Waals surface area contributed by atoms with E-state index in [4.69, 9.17) is 0 Å². The summed E-state index contributed by atoms with van der Waals surface area (Å²) in [6.07, 6.45) is 4.55. The molecule has 19 heavy (non-hydrogen) atoms. The first-order chi connectivity index (χ1) is 9.34. The molecule has 1 saturated heterocycles. The van der Waals surface area contributed by atoms with Gasteiger partial charge >= 0.3 is 0 Å². The minimum atomic E-state index is 0.302. The topological polar surface area (TPSA) is 28.2 Å². The molecule has 3 rings (SSSR count). The van der Waals surface area contributed by atoms with Crippen molar-refractivity contribution in [3.63, 3.8) is 0 Å². The number of hydrogen-bond acceptors (Lipinski definition) is 4. The number of rotatable bonds is 4. The third-order valence-electron chi connectivity index (χ3n) is 3.60. The van der Waals surface area contributed by atoms with Crippen molar-refractivity contribution < 1.29 is 0 Å². The summed E-state index contributed by atoms with van der Waals surface area (Å²) in [6.45, 7) is 4.54. The van der Waals surface area contributed by atoms with Crippen LogP contribution in [0.1, 0.15) is 30.7 Å². The number of hydrogen-bond donors (Lipinski definition) is 1. The lowest BCUT2D eigenvalue weighted by atomic mass is 10.2. The van der Waals surface area contributed by atoms with Crippen LogP contribution in [0.15, 0.2) is 36.0 Å². The highest BCUT2D eigenvalue weighted by atomic mass is 32.1. The van der Waals surface area contributed by atoms with Gasteiger partial charge in [0.15, 0.2) is 0 Å². The summed E-state index contributed by atoms with van der Waals surface area (Å²) in [5.74, 6) is 0. The van der Waals surface area contributed by atoms with Crippen LogP contribution < -0.4 is 10.2 Å². The molecule has 0 bridgehead atoms. The van der Waals surface area contributed by atoms with Gasteiger partial charge in [-0.3, -0.25) is 4.98 Å². The zero-order valence-corrected chi connectivity index (χ0v) is 12.0. The molecule has 0 saturated carbocycles. The van der Waals surface area contributed by atoms with Crippen molar-refractivity contribution in [2.45, 2.75) is 25.8 Å². The molecule has 2 heterocycles. The molecule has 3 nitrogen and oxygen atoms in total. The smallest absolute Gasteiger partial charge is 0.0795 e. The molecule has 0 spiro atoms. The monoisotopic (exact) mass is 273 g/mol. The average molecular weight is 273 g/mol. The Morgan fingerprint density at radius 2 is 2.05 bits per heavy atom. The van der Waals surface area contributed by atoms with Gasteiger partial charge in [0.2, 0.25) is 0 Å². The number of thiazole rings is 1. The van der Waals surface area contributed by atoms with Crippen molar-refractivity contribution in [3.05, 3.63) is 40.8 Å². The Bertz CT molecular complexity index is 518. The highest BCUT2D eigenvalue weighted by molar-refractivity contribution is 7.09. The largest absolute Gasteiger partial charge is 0.376 e. The normalized spacial score (nSPS) is 16.6. The number of aromatic nitrogens is 1. The van der Waals surface area contributed by atoms with Gasteiger partial charge in [0.05, 0.1) is 22.9 Å². The van der Waals surface area contributed by atoms with Crippen molar-refractivity contribution >= 4 is 22.7 Å². The lowest BCUT2D eigenvalue weighted by molar-refractivity contribution is 0.895. The highest BCUT2D eigenvalue weighted by Gasteiger charge is 2.16. The van der Waals surface area contributed by atoms with Gasteiger partial charge in [0, 0.05) is 24.2 Å². The minimum Gasteiger partial charge on any atom is -0.376 e. The Morgan fingerprint density at radius 3 is 2.79 bits per heavy atom. The number of nitrogens with one attached hydrogen (secondary N) is 1. The van der Waals surface area contributed by atoms with Gasteiger partial charge in [-0.05, 0) is 31.9 Å². The molecule has 1 fully saturated rings. The number of benzene rings is 1. The summed E-state index contributed by atoms with van der Waals surface area (Å²) in [6, 6.07) is 8.91. The summed E-state index contributed by atoms with van der Waals surface area (Å²) in [5, 5.41) is 3.62. The van der Waals surface area contributed by atoms with E-state index in [1.165, 1.54) is 42.2 Å². The molecule has 100 valence electrons. The fourth-order valence-corrected chi connectivity index (χ4v) is 3.20. The Morgan fingerprint density at radius 1 is 1.26 bits per heavy atom. The van der Waals surface area contributed by atoms with E-state index in [0.717, 1.165) is 0 Å². The van der Waals surface area contributed by atoms with Crippen molar-refractivity contribution in [1.82, 2.24) is 4.98 Å². The molecular weight excluding hydrogens is 254 g/mol. The molecule has 4 heteroatoms. The molecule has 2 aromatic rings. The Balaban J connectivity index is 1.80. The summed E-state index contributed by atoms with van der Waals surface area (Å²) < 4.78 is 0. The van der Waals surface area contributed by atoms with Crippen LogP contribution in [0.4, 0.5) is 11.4 Å². The first-order valence-corrected chi connectivity index (χ1v) is 7.71.